The van der Waals surface area contributed by atoms with E-state index in [1.807, 2.05) is 0 Å². The molecule has 0 atom stereocenters. The van der Waals surface area contributed by atoms with Crippen LogP contribution in [0.3, 0.4) is 0 Å². The quantitative estimate of drug-likeness (QED) is 0.173. The van der Waals surface area contributed by atoms with Gasteiger partial charge in [0, 0.05) is 0 Å². The third kappa shape index (κ3) is 1.21. The van der Waals surface area contributed by atoms with E-state index in [2.05, 4.69) is 72.8 Å². The van der Waals surface area contributed by atoms with Gasteiger partial charge in [-0.05, 0) is 114 Å². The van der Waals surface area contributed by atoms with E-state index in [0.717, 1.165) is 6.42 Å². The first-order valence-corrected chi connectivity index (χ1v) is 11.9. The molecule has 0 spiro atoms. The first-order chi connectivity index (χ1) is 16.4. The Bertz CT molecular complexity index is 2420. The Morgan fingerprint density at radius 1 is 0.364 bits per heavy atom. The zero-order valence-electron chi connectivity index (χ0n) is 17.6. The lowest BCUT2D eigenvalue weighted by atomic mass is 9.81. The van der Waals surface area contributed by atoms with Gasteiger partial charge in [0.25, 0.3) is 0 Å². The van der Waals surface area contributed by atoms with Gasteiger partial charge in [0.1, 0.15) is 0 Å². The standard InChI is InChI=1S/C33H14/c1-4-14-16-6-2-8-18-20-10-12-22-23-13-11-21-19-9-3-7-17-15(5-1)24(14)29-30(25(16)18)32(27(20)22)33(28(21)23)31(29)26(17)19/h1-4,6-13H,5H2. The summed E-state index contributed by atoms with van der Waals surface area (Å²) >= 11 is 0. The molecule has 0 nitrogen and oxygen atoms in total. The van der Waals surface area contributed by atoms with E-state index in [0.29, 0.717) is 0 Å². The summed E-state index contributed by atoms with van der Waals surface area (Å²) in [5.74, 6) is 0. The van der Waals surface area contributed by atoms with Gasteiger partial charge in [0.2, 0.25) is 0 Å². The minimum Gasteiger partial charge on any atom is -0.0795 e. The number of hydrogen-bond donors (Lipinski definition) is 0. The Kier molecular flexibility index (Phi) is 1.90. The minimum absolute atomic E-state index is 1.02. The van der Waals surface area contributed by atoms with Crippen molar-refractivity contribution in [1.29, 1.82) is 0 Å². The average molecular weight is 410 g/mol. The average Bonchev–Trinajstić information content (AvgIpc) is 3.57. The fourth-order valence-electron chi connectivity index (χ4n) is 8.23. The van der Waals surface area contributed by atoms with Gasteiger partial charge in [0.05, 0.1) is 0 Å². The van der Waals surface area contributed by atoms with Crippen molar-refractivity contribution in [1.82, 2.24) is 0 Å². The summed E-state index contributed by atoms with van der Waals surface area (Å²) in [6.45, 7) is 0. The highest BCUT2D eigenvalue weighted by Gasteiger charge is 2.32. The molecule has 0 amide bonds. The van der Waals surface area contributed by atoms with Crippen LogP contribution in [0, 0.1) is 0 Å². The molecule has 33 heavy (non-hydrogen) atoms. The maximum atomic E-state index is 2.40. The van der Waals surface area contributed by atoms with Gasteiger partial charge in [-0.25, -0.2) is 0 Å². The predicted molar refractivity (Wildman–Crippen MR) is 144 cm³/mol. The smallest absolute Gasteiger partial charge is 0.0000478 e. The molecule has 10 aromatic carbocycles. The molecule has 146 valence electrons. The number of hydrogen-bond acceptors (Lipinski definition) is 0. The molecule has 0 aliphatic heterocycles. The summed E-state index contributed by atoms with van der Waals surface area (Å²) in [7, 11) is 0. The topological polar surface area (TPSA) is 0 Å². The van der Waals surface area contributed by atoms with Crippen molar-refractivity contribution >= 4 is 103 Å². The molecular weight excluding hydrogens is 396 g/mol. The van der Waals surface area contributed by atoms with E-state index < -0.39 is 0 Å². The van der Waals surface area contributed by atoms with Crippen LogP contribution in [-0.4, -0.2) is 0 Å². The van der Waals surface area contributed by atoms with Crippen molar-refractivity contribution in [2.45, 2.75) is 6.42 Å². The Morgan fingerprint density at radius 3 is 1.39 bits per heavy atom. The number of fused-ring (bicyclic) bond motifs is 5. The Balaban J connectivity index is 1.77. The molecule has 10 aromatic rings. The molecule has 1 aliphatic carbocycles. The van der Waals surface area contributed by atoms with Crippen molar-refractivity contribution in [2.24, 2.45) is 0 Å². The van der Waals surface area contributed by atoms with E-state index in [1.165, 1.54) is 108 Å². The van der Waals surface area contributed by atoms with Crippen LogP contribution < -0.4 is 0 Å². The van der Waals surface area contributed by atoms with E-state index in [-0.39, 0.29) is 0 Å². The van der Waals surface area contributed by atoms with Crippen LogP contribution in [0.4, 0.5) is 0 Å². The van der Waals surface area contributed by atoms with Crippen molar-refractivity contribution in [3.8, 4) is 0 Å². The van der Waals surface area contributed by atoms with Gasteiger partial charge in [-0.2, -0.15) is 0 Å². The fraction of sp³-hybridized carbons (Fsp3) is 0.0303. The van der Waals surface area contributed by atoms with Crippen LogP contribution in [0.1, 0.15) is 11.1 Å². The summed E-state index contributed by atoms with van der Waals surface area (Å²) in [6, 6.07) is 23.5. The highest BCUT2D eigenvalue weighted by Crippen LogP contribution is 2.60. The number of allylic oxidation sites excluding steroid dienone is 1. The van der Waals surface area contributed by atoms with Gasteiger partial charge in [0.15, 0.2) is 0 Å². The summed E-state index contributed by atoms with van der Waals surface area (Å²) < 4.78 is 0. The summed E-state index contributed by atoms with van der Waals surface area (Å²) in [6.07, 6.45) is 5.81. The number of benzene rings is 7. The maximum Gasteiger partial charge on any atom is -0.0000478 e. The van der Waals surface area contributed by atoms with Crippen molar-refractivity contribution in [2.75, 3.05) is 0 Å². The first-order valence-electron chi connectivity index (χ1n) is 11.9. The van der Waals surface area contributed by atoms with E-state index in [1.54, 1.807) is 0 Å². The van der Waals surface area contributed by atoms with Gasteiger partial charge in [-0.15, -0.1) is 0 Å². The van der Waals surface area contributed by atoms with Crippen LogP contribution in [0.2, 0.25) is 0 Å². The lowest BCUT2D eigenvalue weighted by Crippen LogP contribution is -1.97. The normalized spacial score (nSPS) is 15.0. The lowest BCUT2D eigenvalue weighted by molar-refractivity contribution is 1.33. The Labute approximate surface area is 187 Å². The Hall–Kier alpha value is -4.16. The Morgan fingerprint density at radius 2 is 0.788 bits per heavy atom. The molecule has 0 saturated heterocycles. The number of rotatable bonds is 0. The van der Waals surface area contributed by atoms with Gasteiger partial charge in [-0.1, -0.05) is 72.8 Å². The van der Waals surface area contributed by atoms with Gasteiger partial charge < -0.3 is 0 Å². The van der Waals surface area contributed by atoms with Crippen LogP contribution in [-0.2, 0) is 6.42 Å². The molecule has 0 heteroatoms. The van der Waals surface area contributed by atoms with E-state index in [4.69, 9.17) is 0 Å². The van der Waals surface area contributed by atoms with Crippen molar-refractivity contribution in [3.63, 3.8) is 0 Å². The summed E-state index contributed by atoms with van der Waals surface area (Å²) in [5.41, 5.74) is 2.95. The molecule has 0 N–H and O–H groups in total. The summed E-state index contributed by atoms with van der Waals surface area (Å²) in [4.78, 5) is 0. The predicted octanol–water partition coefficient (Wildman–Crippen LogP) is 9.26. The van der Waals surface area contributed by atoms with Gasteiger partial charge >= 0.3 is 0 Å². The van der Waals surface area contributed by atoms with Crippen LogP contribution in [0.15, 0.2) is 66.7 Å². The molecule has 11 rings (SSSR count). The molecule has 0 saturated carbocycles. The van der Waals surface area contributed by atoms with Crippen LogP contribution >= 0.6 is 0 Å². The minimum atomic E-state index is 1.02. The SMILES string of the molecule is C1=Cc2c3cccc4c5ccc6c7ccc8c9cccc%10c(c2c2c(c34)c(c56)c(c87)c2c%109)C1. The highest BCUT2D eigenvalue weighted by atomic mass is 14.3. The second kappa shape index (κ2) is 4.23. The van der Waals surface area contributed by atoms with Crippen LogP contribution in [0.25, 0.3) is 103 Å². The molecule has 0 unspecified atom stereocenters. The molecule has 0 bridgehead atoms. The van der Waals surface area contributed by atoms with Crippen LogP contribution in [0.5, 0.6) is 0 Å². The molecule has 0 fully saturated rings. The van der Waals surface area contributed by atoms with Gasteiger partial charge in [-0.3, -0.25) is 0 Å². The molecule has 0 radical (unpaired) electrons. The van der Waals surface area contributed by atoms with Crippen molar-refractivity contribution < 1.29 is 0 Å². The lowest BCUT2D eigenvalue weighted by Gasteiger charge is -2.21. The van der Waals surface area contributed by atoms with E-state index in [9.17, 15) is 0 Å². The first kappa shape index (κ1) is 14.8. The second-order valence-corrected chi connectivity index (χ2v) is 10.3. The van der Waals surface area contributed by atoms with E-state index >= 15 is 0 Å². The maximum absolute atomic E-state index is 2.40. The zero-order valence-corrected chi connectivity index (χ0v) is 17.6. The molecule has 0 aromatic heterocycles. The third-order valence-corrected chi connectivity index (χ3v) is 9.20. The molecular formula is C33H14. The zero-order chi connectivity index (χ0) is 20.7. The largest absolute Gasteiger partial charge is 0.0795 e. The van der Waals surface area contributed by atoms with Crippen molar-refractivity contribution in [3.05, 3.63) is 77.9 Å². The second-order valence-electron chi connectivity index (χ2n) is 10.3. The fourth-order valence-corrected chi connectivity index (χ4v) is 8.23. The molecule has 0 heterocycles. The summed E-state index contributed by atoms with van der Waals surface area (Å²) in [5, 5.41) is 26.5. The molecule has 1 aliphatic rings. The monoisotopic (exact) mass is 410 g/mol. The third-order valence-electron chi connectivity index (χ3n) is 9.20. The highest BCUT2D eigenvalue weighted by molar-refractivity contribution is 6.58.